The van der Waals surface area contributed by atoms with Gasteiger partial charge in [-0.25, -0.2) is 0 Å². The van der Waals surface area contributed by atoms with Gasteiger partial charge in [-0.2, -0.15) is 0 Å². The third-order valence-electron chi connectivity index (χ3n) is 1.40. The summed E-state index contributed by atoms with van der Waals surface area (Å²) < 4.78 is 0. The number of hydrogen-bond acceptors (Lipinski definition) is 1. The van der Waals surface area contributed by atoms with E-state index in [0.717, 1.165) is 5.56 Å². The predicted molar refractivity (Wildman–Crippen MR) is 49.4 cm³/mol. The average molecular weight is 157 g/mol. The lowest BCUT2D eigenvalue weighted by atomic mass is 10.2. The second kappa shape index (κ2) is 4.29. The Kier molecular flexibility index (Phi) is 3.03. The van der Waals surface area contributed by atoms with Crippen LogP contribution < -0.4 is 0 Å². The SMILES string of the molecule is C=[C]C(=O)/C=C/c1ccccc1. The highest BCUT2D eigenvalue weighted by atomic mass is 16.1. The van der Waals surface area contributed by atoms with Crippen LogP contribution in [0.5, 0.6) is 0 Å². The summed E-state index contributed by atoms with van der Waals surface area (Å²) in [6.45, 7) is 3.25. The van der Waals surface area contributed by atoms with E-state index in [4.69, 9.17) is 0 Å². The van der Waals surface area contributed by atoms with Crippen LogP contribution in [-0.4, -0.2) is 5.78 Å². The van der Waals surface area contributed by atoms with Crippen molar-refractivity contribution in [1.82, 2.24) is 0 Å². The van der Waals surface area contributed by atoms with E-state index in [2.05, 4.69) is 12.7 Å². The summed E-state index contributed by atoms with van der Waals surface area (Å²) in [5.41, 5.74) is 1.00. The lowest BCUT2D eigenvalue weighted by Gasteiger charge is -1.88. The van der Waals surface area contributed by atoms with Crippen molar-refractivity contribution in [3.05, 3.63) is 54.6 Å². The van der Waals surface area contributed by atoms with Crippen molar-refractivity contribution >= 4 is 11.9 Å². The number of ketones is 1. The van der Waals surface area contributed by atoms with Crippen molar-refractivity contribution in [3.8, 4) is 0 Å². The minimum Gasteiger partial charge on any atom is -0.289 e. The zero-order chi connectivity index (χ0) is 8.81. The van der Waals surface area contributed by atoms with Gasteiger partial charge < -0.3 is 0 Å². The normalized spacial score (nSPS) is 10.0. The first-order valence-corrected chi connectivity index (χ1v) is 3.63. The van der Waals surface area contributed by atoms with Gasteiger partial charge in [0.05, 0.1) is 0 Å². The van der Waals surface area contributed by atoms with Crippen LogP contribution in [-0.2, 0) is 4.79 Å². The third kappa shape index (κ3) is 2.54. The molecule has 0 aromatic heterocycles. The smallest absolute Gasteiger partial charge is 0.185 e. The summed E-state index contributed by atoms with van der Waals surface area (Å²) in [4.78, 5) is 10.7. The van der Waals surface area contributed by atoms with Gasteiger partial charge in [0.25, 0.3) is 0 Å². The summed E-state index contributed by atoms with van der Waals surface area (Å²) in [5, 5.41) is 0. The summed E-state index contributed by atoms with van der Waals surface area (Å²) in [7, 11) is 0. The van der Waals surface area contributed by atoms with Crippen molar-refractivity contribution in [2.45, 2.75) is 0 Å². The molecule has 0 bridgehead atoms. The van der Waals surface area contributed by atoms with E-state index in [-0.39, 0.29) is 5.78 Å². The molecule has 1 heteroatoms. The number of hydrogen-bond donors (Lipinski definition) is 0. The highest BCUT2D eigenvalue weighted by molar-refractivity contribution is 5.98. The van der Waals surface area contributed by atoms with Gasteiger partial charge in [0, 0.05) is 6.08 Å². The Hall–Kier alpha value is -1.63. The highest BCUT2D eigenvalue weighted by Crippen LogP contribution is 2.00. The molecular weight excluding hydrogens is 148 g/mol. The second-order valence-corrected chi connectivity index (χ2v) is 2.29. The molecular formula is C11H9O. The Morgan fingerprint density at radius 2 is 2.00 bits per heavy atom. The molecule has 1 nitrogen and oxygen atoms in total. The molecule has 0 unspecified atom stereocenters. The average Bonchev–Trinajstić information content (AvgIpc) is 2.16. The van der Waals surface area contributed by atoms with E-state index in [1.807, 2.05) is 30.3 Å². The van der Waals surface area contributed by atoms with Crippen molar-refractivity contribution in [2.75, 3.05) is 0 Å². The molecule has 0 heterocycles. The van der Waals surface area contributed by atoms with Crippen LogP contribution in [0.4, 0.5) is 0 Å². The molecule has 0 aliphatic heterocycles. The fraction of sp³-hybridized carbons (Fsp3) is 0. The van der Waals surface area contributed by atoms with Gasteiger partial charge in [-0.05, 0) is 11.6 Å². The van der Waals surface area contributed by atoms with Crippen LogP contribution in [0.25, 0.3) is 6.08 Å². The Morgan fingerprint density at radius 1 is 1.33 bits per heavy atom. The van der Waals surface area contributed by atoms with E-state index in [1.165, 1.54) is 6.08 Å². The highest BCUT2D eigenvalue weighted by Gasteiger charge is 1.86. The first-order valence-electron chi connectivity index (χ1n) is 3.63. The van der Waals surface area contributed by atoms with Crippen LogP contribution in [0.1, 0.15) is 5.56 Å². The first kappa shape index (κ1) is 8.47. The zero-order valence-corrected chi connectivity index (χ0v) is 6.66. The Labute approximate surface area is 72.0 Å². The topological polar surface area (TPSA) is 17.1 Å². The zero-order valence-electron chi connectivity index (χ0n) is 6.66. The Morgan fingerprint density at radius 3 is 2.58 bits per heavy atom. The van der Waals surface area contributed by atoms with Gasteiger partial charge in [0.1, 0.15) is 0 Å². The molecule has 59 valence electrons. The molecule has 0 atom stereocenters. The Bertz CT molecular complexity index is 296. The minimum absolute atomic E-state index is 0.196. The molecule has 0 amide bonds. The molecule has 0 saturated heterocycles. The number of carbonyl (C=O) groups excluding carboxylic acids is 1. The second-order valence-electron chi connectivity index (χ2n) is 2.29. The maximum absolute atomic E-state index is 10.7. The van der Waals surface area contributed by atoms with Crippen molar-refractivity contribution < 1.29 is 4.79 Å². The largest absolute Gasteiger partial charge is 0.289 e. The maximum atomic E-state index is 10.7. The molecule has 0 aliphatic carbocycles. The van der Waals surface area contributed by atoms with Crippen LogP contribution >= 0.6 is 0 Å². The fourth-order valence-corrected chi connectivity index (χ4v) is 0.795. The molecule has 0 fully saturated rings. The summed E-state index contributed by atoms with van der Waals surface area (Å²) >= 11 is 0. The van der Waals surface area contributed by atoms with E-state index in [9.17, 15) is 4.79 Å². The lowest BCUT2D eigenvalue weighted by molar-refractivity contribution is -0.110. The molecule has 0 N–H and O–H groups in total. The van der Waals surface area contributed by atoms with E-state index < -0.39 is 0 Å². The molecule has 0 saturated carbocycles. The predicted octanol–water partition coefficient (Wildman–Crippen LogP) is 2.26. The summed E-state index contributed by atoms with van der Waals surface area (Å²) in [5.74, 6) is -0.196. The molecule has 12 heavy (non-hydrogen) atoms. The standard InChI is InChI=1S/C11H9O/c1-2-11(12)9-8-10-6-4-3-5-7-10/h3-9H,1H2/b9-8+. The molecule has 0 aliphatic rings. The fourth-order valence-electron chi connectivity index (χ4n) is 0.795. The number of carbonyl (C=O) groups is 1. The van der Waals surface area contributed by atoms with Gasteiger partial charge in [-0.3, -0.25) is 4.79 Å². The molecule has 1 aromatic rings. The molecule has 1 rings (SSSR count). The van der Waals surface area contributed by atoms with E-state index >= 15 is 0 Å². The summed E-state index contributed by atoms with van der Waals surface area (Å²) in [6, 6.07) is 9.61. The van der Waals surface area contributed by atoms with Crippen molar-refractivity contribution in [1.29, 1.82) is 0 Å². The minimum atomic E-state index is -0.196. The monoisotopic (exact) mass is 157 g/mol. The van der Waals surface area contributed by atoms with Gasteiger partial charge in [-0.15, -0.1) is 0 Å². The van der Waals surface area contributed by atoms with Crippen molar-refractivity contribution in [3.63, 3.8) is 0 Å². The van der Waals surface area contributed by atoms with Crippen molar-refractivity contribution in [2.24, 2.45) is 0 Å². The molecule has 1 radical (unpaired) electrons. The first-order chi connectivity index (χ1) is 5.83. The Balaban J connectivity index is 2.70. The van der Waals surface area contributed by atoms with Crippen LogP contribution in [0.3, 0.4) is 0 Å². The van der Waals surface area contributed by atoms with Gasteiger partial charge in [0.2, 0.25) is 0 Å². The van der Waals surface area contributed by atoms with Crippen LogP contribution in [0.2, 0.25) is 0 Å². The summed E-state index contributed by atoms with van der Waals surface area (Å²) in [6.07, 6.45) is 5.44. The maximum Gasteiger partial charge on any atom is 0.185 e. The third-order valence-corrected chi connectivity index (χ3v) is 1.40. The number of rotatable bonds is 3. The van der Waals surface area contributed by atoms with Crippen LogP contribution in [0.15, 0.2) is 43.0 Å². The van der Waals surface area contributed by atoms with Gasteiger partial charge in [-0.1, -0.05) is 43.0 Å². The lowest BCUT2D eigenvalue weighted by Crippen LogP contribution is -1.83. The van der Waals surface area contributed by atoms with Gasteiger partial charge in [0.15, 0.2) is 5.78 Å². The van der Waals surface area contributed by atoms with E-state index in [0.29, 0.717) is 0 Å². The molecule has 1 aromatic carbocycles. The number of benzene rings is 1. The van der Waals surface area contributed by atoms with E-state index in [1.54, 1.807) is 6.08 Å². The number of allylic oxidation sites excluding steroid dienone is 2. The van der Waals surface area contributed by atoms with Gasteiger partial charge >= 0.3 is 0 Å². The quantitative estimate of drug-likeness (QED) is 0.615. The molecule has 0 spiro atoms. The van der Waals surface area contributed by atoms with Crippen LogP contribution in [0, 0.1) is 6.08 Å².